The number of amides is 1. The molecule has 1 heterocycles. The zero-order valence-electron chi connectivity index (χ0n) is 11.2. The maximum absolute atomic E-state index is 12.4. The number of rotatable bonds is 3. The van der Waals surface area contributed by atoms with Crippen LogP contribution in [0.25, 0.3) is 0 Å². The number of ether oxygens (including phenoxy) is 1. The molecule has 1 aliphatic rings. The Morgan fingerprint density at radius 1 is 1.26 bits per heavy atom. The average molecular weight is 302 g/mol. The molecular formula is C14H17Cl2NO2. The van der Waals surface area contributed by atoms with E-state index in [0.29, 0.717) is 6.54 Å². The van der Waals surface area contributed by atoms with Crippen LogP contribution in [0.3, 0.4) is 0 Å². The SMILES string of the molecule is COC1N(Cc2ccccc2)C(=O)C(Cl)(Cl)C1(C)C. The van der Waals surface area contributed by atoms with Gasteiger partial charge in [0.15, 0.2) is 0 Å². The maximum atomic E-state index is 12.4. The van der Waals surface area contributed by atoms with Crippen LogP contribution in [0.1, 0.15) is 19.4 Å². The number of hydrogen-bond acceptors (Lipinski definition) is 2. The van der Waals surface area contributed by atoms with E-state index in [-0.39, 0.29) is 5.91 Å². The van der Waals surface area contributed by atoms with Crippen LogP contribution in [0.4, 0.5) is 0 Å². The van der Waals surface area contributed by atoms with Crippen molar-refractivity contribution in [1.29, 1.82) is 0 Å². The van der Waals surface area contributed by atoms with E-state index >= 15 is 0 Å². The van der Waals surface area contributed by atoms with Gasteiger partial charge in [0.2, 0.25) is 4.33 Å². The van der Waals surface area contributed by atoms with Gasteiger partial charge in [-0.2, -0.15) is 0 Å². The molecular weight excluding hydrogens is 285 g/mol. The summed E-state index contributed by atoms with van der Waals surface area (Å²) in [7, 11) is 1.56. The van der Waals surface area contributed by atoms with Crippen LogP contribution in [0, 0.1) is 5.41 Å². The summed E-state index contributed by atoms with van der Waals surface area (Å²) < 4.78 is 3.98. The highest BCUT2D eigenvalue weighted by molar-refractivity contribution is 6.59. The number of halogens is 2. The Hall–Kier alpha value is -0.770. The van der Waals surface area contributed by atoms with E-state index in [1.165, 1.54) is 0 Å². The lowest BCUT2D eigenvalue weighted by atomic mass is 9.89. The first-order valence-electron chi connectivity index (χ1n) is 6.08. The van der Waals surface area contributed by atoms with Gasteiger partial charge in [0.1, 0.15) is 6.23 Å². The molecule has 1 saturated heterocycles. The Morgan fingerprint density at radius 3 is 2.37 bits per heavy atom. The van der Waals surface area contributed by atoms with Crippen LogP contribution in [0.15, 0.2) is 30.3 Å². The fourth-order valence-electron chi connectivity index (χ4n) is 2.46. The fourth-order valence-corrected chi connectivity index (χ4v) is 2.87. The van der Waals surface area contributed by atoms with Crippen molar-refractivity contribution < 1.29 is 9.53 Å². The first-order chi connectivity index (χ1) is 8.82. The zero-order valence-corrected chi connectivity index (χ0v) is 12.7. The third kappa shape index (κ3) is 2.24. The van der Waals surface area contributed by atoms with Gasteiger partial charge in [0.25, 0.3) is 5.91 Å². The van der Waals surface area contributed by atoms with E-state index in [1.54, 1.807) is 12.0 Å². The van der Waals surface area contributed by atoms with Crippen LogP contribution in [-0.2, 0) is 16.1 Å². The quantitative estimate of drug-likeness (QED) is 0.803. The lowest BCUT2D eigenvalue weighted by molar-refractivity contribution is -0.137. The zero-order chi connectivity index (χ0) is 14.3. The molecule has 0 bridgehead atoms. The number of carbonyl (C=O) groups excluding carboxylic acids is 1. The van der Waals surface area contributed by atoms with Gasteiger partial charge in [0.05, 0.1) is 5.41 Å². The summed E-state index contributed by atoms with van der Waals surface area (Å²) in [6.45, 7) is 4.11. The van der Waals surface area contributed by atoms with E-state index in [2.05, 4.69) is 0 Å². The second-order valence-corrected chi connectivity index (χ2v) is 6.63. The van der Waals surface area contributed by atoms with E-state index in [9.17, 15) is 4.79 Å². The van der Waals surface area contributed by atoms with Gasteiger partial charge >= 0.3 is 0 Å². The standard InChI is InChI=1S/C14H17Cl2NO2/c1-13(2)12(19-3)17(11(18)14(13,15)16)9-10-7-5-4-6-8-10/h4-8,12H,9H2,1-3H3. The molecule has 3 nitrogen and oxygen atoms in total. The number of nitrogens with zero attached hydrogens (tertiary/aromatic N) is 1. The van der Waals surface area contributed by atoms with Crippen molar-refractivity contribution in [1.82, 2.24) is 4.90 Å². The summed E-state index contributed by atoms with van der Waals surface area (Å²) in [6, 6.07) is 9.69. The molecule has 0 saturated carbocycles. The van der Waals surface area contributed by atoms with Crippen molar-refractivity contribution in [2.24, 2.45) is 5.41 Å². The smallest absolute Gasteiger partial charge is 0.262 e. The van der Waals surface area contributed by atoms with Crippen molar-refractivity contribution in [3.63, 3.8) is 0 Å². The predicted octanol–water partition coefficient (Wildman–Crippen LogP) is 3.20. The van der Waals surface area contributed by atoms with E-state index in [0.717, 1.165) is 5.56 Å². The number of likely N-dealkylation sites (tertiary alicyclic amines) is 1. The minimum absolute atomic E-state index is 0.309. The molecule has 0 spiro atoms. The first kappa shape index (κ1) is 14.6. The minimum atomic E-state index is -1.47. The van der Waals surface area contributed by atoms with Gasteiger partial charge in [-0.1, -0.05) is 67.4 Å². The van der Waals surface area contributed by atoms with Gasteiger partial charge in [-0.25, -0.2) is 0 Å². The van der Waals surface area contributed by atoms with Crippen LogP contribution in [0.2, 0.25) is 0 Å². The van der Waals surface area contributed by atoms with E-state index < -0.39 is 16.0 Å². The summed E-state index contributed by atoms with van der Waals surface area (Å²) in [5, 5.41) is 0. The Bertz CT molecular complexity index is 474. The molecule has 19 heavy (non-hydrogen) atoms. The second-order valence-electron chi connectivity index (χ2n) is 5.30. The number of alkyl halides is 2. The van der Waals surface area contributed by atoms with Crippen molar-refractivity contribution in [3.8, 4) is 0 Å². The third-order valence-corrected chi connectivity index (χ3v) is 4.96. The second kappa shape index (κ2) is 4.97. The summed E-state index contributed by atoms with van der Waals surface area (Å²) in [6.07, 6.45) is -0.449. The summed E-state index contributed by atoms with van der Waals surface area (Å²) >= 11 is 12.5. The predicted molar refractivity (Wildman–Crippen MR) is 76.0 cm³/mol. The summed E-state index contributed by atoms with van der Waals surface area (Å²) in [4.78, 5) is 14.0. The number of methoxy groups -OCH3 is 1. The Morgan fingerprint density at radius 2 is 1.84 bits per heavy atom. The van der Waals surface area contributed by atoms with Gasteiger partial charge in [-0.05, 0) is 5.56 Å². The molecule has 1 fully saturated rings. The van der Waals surface area contributed by atoms with Gasteiger partial charge in [0, 0.05) is 13.7 Å². The molecule has 0 aromatic heterocycles. The molecule has 1 unspecified atom stereocenters. The summed E-state index contributed by atoms with van der Waals surface area (Å²) in [5.74, 6) is -0.309. The van der Waals surface area contributed by atoms with Gasteiger partial charge in [-0.3, -0.25) is 4.79 Å². The van der Waals surface area contributed by atoms with Gasteiger partial charge < -0.3 is 9.64 Å². The normalized spacial score (nSPS) is 24.8. The average Bonchev–Trinajstić information content (AvgIpc) is 2.49. The topological polar surface area (TPSA) is 29.5 Å². The van der Waals surface area contributed by atoms with E-state index in [1.807, 2.05) is 44.2 Å². The lowest BCUT2D eigenvalue weighted by Gasteiger charge is -2.33. The van der Waals surface area contributed by atoms with Crippen LogP contribution >= 0.6 is 23.2 Å². The first-order valence-corrected chi connectivity index (χ1v) is 6.83. The van der Waals surface area contributed by atoms with E-state index in [4.69, 9.17) is 27.9 Å². The highest BCUT2D eigenvalue weighted by Crippen LogP contribution is 2.52. The maximum Gasteiger partial charge on any atom is 0.262 e. The van der Waals surface area contributed by atoms with Crippen molar-refractivity contribution in [2.45, 2.75) is 31.0 Å². The Labute approximate surface area is 123 Å². The molecule has 0 N–H and O–H groups in total. The molecule has 0 aliphatic carbocycles. The van der Waals surface area contributed by atoms with Crippen LogP contribution < -0.4 is 0 Å². The molecule has 0 radical (unpaired) electrons. The Kier molecular flexibility index (Phi) is 3.83. The molecule has 1 amide bonds. The molecule has 1 aromatic carbocycles. The van der Waals surface area contributed by atoms with Crippen LogP contribution in [-0.4, -0.2) is 28.5 Å². The Balaban J connectivity index is 2.32. The third-order valence-electron chi connectivity index (χ3n) is 3.66. The largest absolute Gasteiger partial charge is 0.361 e. The number of carbonyl (C=O) groups is 1. The molecule has 1 aromatic rings. The minimum Gasteiger partial charge on any atom is -0.361 e. The number of hydrogen-bond donors (Lipinski definition) is 0. The molecule has 1 aliphatic heterocycles. The molecule has 1 atom stereocenters. The van der Waals surface area contributed by atoms with Gasteiger partial charge in [-0.15, -0.1) is 0 Å². The monoisotopic (exact) mass is 301 g/mol. The highest BCUT2D eigenvalue weighted by atomic mass is 35.5. The molecule has 104 valence electrons. The summed E-state index contributed by atoms with van der Waals surface area (Å²) in [5.41, 5.74) is 0.330. The lowest BCUT2D eigenvalue weighted by Crippen LogP contribution is -2.40. The molecule has 5 heteroatoms. The van der Waals surface area contributed by atoms with Crippen molar-refractivity contribution in [3.05, 3.63) is 35.9 Å². The van der Waals surface area contributed by atoms with Crippen molar-refractivity contribution in [2.75, 3.05) is 7.11 Å². The highest BCUT2D eigenvalue weighted by Gasteiger charge is 2.63. The molecule has 2 rings (SSSR count). The number of benzene rings is 1. The van der Waals surface area contributed by atoms with Crippen LogP contribution in [0.5, 0.6) is 0 Å². The van der Waals surface area contributed by atoms with Crippen molar-refractivity contribution >= 4 is 29.1 Å². The fraction of sp³-hybridized carbons (Fsp3) is 0.500.